The molecule has 10 heteroatoms. The molecule has 4 rings (SSSR count). The minimum atomic E-state index is -3.85. The van der Waals surface area contributed by atoms with E-state index in [0.29, 0.717) is 44.6 Å². The smallest absolute Gasteiger partial charge is 0.243 e. The second-order valence-corrected chi connectivity index (χ2v) is 10.2. The topological polar surface area (TPSA) is 106 Å². The maximum Gasteiger partial charge on any atom is 0.243 e. The number of hydrogen-bond acceptors (Lipinski definition) is 6. The summed E-state index contributed by atoms with van der Waals surface area (Å²) < 4.78 is 34.9. The monoisotopic (exact) mass is 471 g/mol. The zero-order valence-electron chi connectivity index (χ0n) is 18.9. The largest absolute Gasteiger partial charge is 0.385 e. The van der Waals surface area contributed by atoms with Gasteiger partial charge in [0.1, 0.15) is 11.6 Å². The molecule has 1 N–H and O–H groups in total. The van der Waals surface area contributed by atoms with Gasteiger partial charge in [0, 0.05) is 33.4 Å². The molecule has 1 aliphatic rings. The van der Waals surface area contributed by atoms with Crippen molar-refractivity contribution in [2.24, 2.45) is 0 Å². The number of rotatable bonds is 9. The first-order valence-electron chi connectivity index (χ1n) is 11.1. The van der Waals surface area contributed by atoms with Crippen LogP contribution in [0.4, 0.5) is 0 Å². The Kier molecular flexibility index (Phi) is 7.06. The van der Waals surface area contributed by atoms with Crippen LogP contribution in [0.3, 0.4) is 0 Å². The summed E-state index contributed by atoms with van der Waals surface area (Å²) in [5, 5.41) is 11.2. The van der Waals surface area contributed by atoms with Crippen LogP contribution < -0.4 is 5.32 Å². The minimum Gasteiger partial charge on any atom is -0.385 e. The molecule has 1 fully saturated rings. The van der Waals surface area contributed by atoms with E-state index in [1.807, 2.05) is 31.2 Å². The Morgan fingerprint density at radius 2 is 2.09 bits per heavy atom. The van der Waals surface area contributed by atoms with Crippen molar-refractivity contribution in [3.63, 3.8) is 0 Å². The minimum absolute atomic E-state index is 0.123. The SMILES string of the molecule is COCCCn1nnc2cc(S(=O)(=O)N3CCC[C@H]3C(=O)NCc3cccc(C)c3)ccc21. The van der Waals surface area contributed by atoms with Gasteiger partial charge in [-0.1, -0.05) is 35.0 Å². The molecule has 1 atom stereocenters. The van der Waals surface area contributed by atoms with Crippen molar-refractivity contribution >= 4 is 27.0 Å². The molecule has 0 radical (unpaired) electrons. The molecule has 0 saturated carbocycles. The first-order chi connectivity index (χ1) is 15.9. The highest BCUT2D eigenvalue weighted by atomic mass is 32.2. The van der Waals surface area contributed by atoms with E-state index in [1.54, 1.807) is 23.9 Å². The number of fused-ring (bicyclic) bond motifs is 1. The number of nitrogens with one attached hydrogen (secondary N) is 1. The number of nitrogens with zero attached hydrogens (tertiary/aromatic N) is 4. The van der Waals surface area contributed by atoms with Gasteiger partial charge < -0.3 is 10.1 Å². The van der Waals surface area contributed by atoms with Gasteiger partial charge in [-0.3, -0.25) is 4.79 Å². The Hall–Kier alpha value is -2.82. The quantitative estimate of drug-likeness (QED) is 0.480. The van der Waals surface area contributed by atoms with Crippen molar-refractivity contribution < 1.29 is 17.9 Å². The Bertz CT molecular complexity index is 1240. The molecule has 2 aromatic carbocycles. The number of aryl methyl sites for hydroxylation is 2. The number of amides is 1. The Balaban J connectivity index is 1.49. The Labute approximate surface area is 193 Å². The normalized spacial score (nSPS) is 17.0. The highest BCUT2D eigenvalue weighted by Crippen LogP contribution is 2.28. The molecule has 1 aromatic heterocycles. The van der Waals surface area contributed by atoms with E-state index in [1.165, 1.54) is 10.4 Å². The number of ether oxygens (including phenoxy) is 1. The van der Waals surface area contributed by atoms with Gasteiger partial charge in [-0.25, -0.2) is 13.1 Å². The van der Waals surface area contributed by atoms with Crippen molar-refractivity contribution in [3.8, 4) is 0 Å². The summed E-state index contributed by atoms with van der Waals surface area (Å²) >= 11 is 0. The van der Waals surface area contributed by atoms with Gasteiger partial charge in [-0.05, 0) is 49.9 Å². The first kappa shape index (κ1) is 23.3. The van der Waals surface area contributed by atoms with Gasteiger partial charge in [0.15, 0.2) is 0 Å². The average Bonchev–Trinajstić information content (AvgIpc) is 3.45. The second-order valence-electron chi connectivity index (χ2n) is 8.29. The molecule has 0 aliphatic carbocycles. The lowest BCUT2D eigenvalue weighted by atomic mass is 10.1. The fourth-order valence-electron chi connectivity index (χ4n) is 4.19. The van der Waals surface area contributed by atoms with Crippen molar-refractivity contribution in [2.45, 2.75) is 50.2 Å². The Morgan fingerprint density at radius 3 is 2.88 bits per heavy atom. The van der Waals surface area contributed by atoms with Crippen LogP contribution in [0.5, 0.6) is 0 Å². The third-order valence-electron chi connectivity index (χ3n) is 5.87. The summed E-state index contributed by atoms with van der Waals surface area (Å²) in [5.41, 5.74) is 3.36. The molecular formula is C23H29N5O4S. The number of carbonyl (C=O) groups is 1. The zero-order chi connectivity index (χ0) is 23.4. The van der Waals surface area contributed by atoms with Crippen molar-refractivity contribution in [1.82, 2.24) is 24.6 Å². The summed E-state index contributed by atoms with van der Waals surface area (Å²) in [6.45, 7) is 3.91. The van der Waals surface area contributed by atoms with E-state index in [4.69, 9.17) is 4.74 Å². The predicted molar refractivity (Wildman–Crippen MR) is 124 cm³/mol. The average molecular weight is 472 g/mol. The molecule has 0 unspecified atom stereocenters. The third-order valence-corrected chi connectivity index (χ3v) is 7.77. The van der Waals surface area contributed by atoms with Crippen LogP contribution in [0.25, 0.3) is 11.0 Å². The third kappa shape index (κ3) is 5.07. The summed E-state index contributed by atoms with van der Waals surface area (Å²) in [4.78, 5) is 13.0. The number of methoxy groups -OCH3 is 1. The summed E-state index contributed by atoms with van der Waals surface area (Å²) in [6, 6.07) is 12.0. The van der Waals surface area contributed by atoms with Crippen LogP contribution in [0.1, 0.15) is 30.4 Å². The predicted octanol–water partition coefficient (Wildman–Crippen LogP) is 2.25. The number of benzene rings is 2. The van der Waals surface area contributed by atoms with Gasteiger partial charge in [-0.2, -0.15) is 4.31 Å². The van der Waals surface area contributed by atoms with Crippen molar-refractivity contribution in [1.29, 1.82) is 0 Å². The van der Waals surface area contributed by atoms with Crippen LogP contribution in [0, 0.1) is 6.92 Å². The van der Waals surface area contributed by atoms with E-state index in [2.05, 4.69) is 15.6 Å². The molecular weight excluding hydrogens is 442 g/mol. The molecule has 0 bridgehead atoms. The van der Waals surface area contributed by atoms with E-state index in [9.17, 15) is 13.2 Å². The number of sulfonamides is 1. The van der Waals surface area contributed by atoms with E-state index in [-0.39, 0.29) is 10.8 Å². The van der Waals surface area contributed by atoms with Crippen LogP contribution >= 0.6 is 0 Å². The van der Waals surface area contributed by atoms with Gasteiger partial charge in [-0.15, -0.1) is 5.10 Å². The van der Waals surface area contributed by atoms with Crippen LogP contribution in [0.2, 0.25) is 0 Å². The van der Waals surface area contributed by atoms with E-state index < -0.39 is 16.1 Å². The molecule has 33 heavy (non-hydrogen) atoms. The molecule has 3 aromatic rings. The number of carbonyl (C=O) groups excluding carboxylic acids is 1. The maximum atomic E-state index is 13.4. The zero-order valence-corrected chi connectivity index (χ0v) is 19.7. The van der Waals surface area contributed by atoms with Gasteiger partial charge in [0.2, 0.25) is 15.9 Å². The highest BCUT2D eigenvalue weighted by molar-refractivity contribution is 7.89. The fraction of sp³-hybridized carbons (Fsp3) is 0.435. The van der Waals surface area contributed by atoms with Crippen LogP contribution in [-0.4, -0.2) is 59.9 Å². The molecule has 176 valence electrons. The van der Waals surface area contributed by atoms with Gasteiger partial charge >= 0.3 is 0 Å². The van der Waals surface area contributed by atoms with E-state index in [0.717, 1.165) is 23.1 Å². The van der Waals surface area contributed by atoms with Crippen LogP contribution in [-0.2, 0) is 32.6 Å². The number of aromatic nitrogens is 3. The lowest BCUT2D eigenvalue weighted by Crippen LogP contribution is -2.45. The maximum absolute atomic E-state index is 13.4. The Morgan fingerprint density at radius 1 is 1.24 bits per heavy atom. The highest BCUT2D eigenvalue weighted by Gasteiger charge is 2.39. The molecule has 1 aliphatic heterocycles. The fourth-order valence-corrected chi connectivity index (χ4v) is 5.87. The van der Waals surface area contributed by atoms with E-state index >= 15 is 0 Å². The van der Waals surface area contributed by atoms with Gasteiger partial charge in [0.05, 0.1) is 10.4 Å². The van der Waals surface area contributed by atoms with Crippen molar-refractivity contribution in [2.75, 3.05) is 20.3 Å². The first-order valence-corrected chi connectivity index (χ1v) is 12.5. The lowest BCUT2D eigenvalue weighted by Gasteiger charge is -2.23. The second kappa shape index (κ2) is 9.98. The molecule has 9 nitrogen and oxygen atoms in total. The van der Waals surface area contributed by atoms with Gasteiger partial charge in [0.25, 0.3) is 0 Å². The van der Waals surface area contributed by atoms with Crippen molar-refractivity contribution in [3.05, 3.63) is 53.6 Å². The molecule has 0 spiro atoms. The molecule has 1 saturated heterocycles. The summed E-state index contributed by atoms with van der Waals surface area (Å²) in [5.74, 6) is -0.275. The summed E-state index contributed by atoms with van der Waals surface area (Å²) in [6.07, 6.45) is 1.92. The molecule has 2 heterocycles. The standard InChI is InChI=1S/C23H29N5O4S/c1-17-6-3-7-18(14-17)16-24-23(29)22-8-4-12-28(22)33(30,31)19-9-10-21-20(15-19)25-26-27(21)11-5-13-32-2/h3,6-7,9-10,14-15,22H,4-5,8,11-13,16H2,1-2H3,(H,24,29)/t22-/m0/s1. The lowest BCUT2D eigenvalue weighted by molar-refractivity contribution is -0.124. The van der Waals surface area contributed by atoms with Crippen LogP contribution in [0.15, 0.2) is 47.4 Å². The molecule has 1 amide bonds. The number of hydrogen-bond donors (Lipinski definition) is 1. The summed E-state index contributed by atoms with van der Waals surface area (Å²) in [7, 11) is -2.21.